The number of aliphatic hydroxyl groups is 2. The average Bonchev–Trinajstić information content (AvgIpc) is 3.21. The van der Waals surface area contributed by atoms with Gasteiger partial charge in [-0.1, -0.05) is 24.3 Å². The Balaban J connectivity index is 0.000000258. The number of nitrogens with one attached hydrogen (secondary N) is 1. The van der Waals surface area contributed by atoms with Gasteiger partial charge < -0.3 is 26.7 Å². The van der Waals surface area contributed by atoms with E-state index in [1.165, 1.54) is 0 Å². The minimum atomic E-state index is -0.460. The third kappa shape index (κ3) is 8.10. The van der Waals surface area contributed by atoms with Crippen LogP contribution in [0.25, 0.3) is 10.9 Å². The third-order valence-electron chi connectivity index (χ3n) is 5.05. The number of aromatic amines is 1. The molecule has 0 aliphatic heterocycles. The Labute approximate surface area is 182 Å². The van der Waals surface area contributed by atoms with Gasteiger partial charge in [-0.2, -0.15) is 0 Å². The second-order valence-electron chi connectivity index (χ2n) is 7.53. The number of nitrogens with two attached hydrogens (primary N) is 2. The normalized spacial score (nSPS) is 12.9. The molecule has 0 saturated carbocycles. The van der Waals surface area contributed by atoms with Crippen LogP contribution in [0.4, 0.5) is 5.82 Å². The highest BCUT2D eigenvalue weighted by molar-refractivity contribution is 5.87. The van der Waals surface area contributed by atoms with Crippen LogP contribution in [-0.2, 0) is 6.42 Å². The van der Waals surface area contributed by atoms with E-state index in [4.69, 9.17) is 11.5 Å². The number of rotatable bonds is 10. The lowest BCUT2D eigenvalue weighted by atomic mass is 10.1. The van der Waals surface area contributed by atoms with E-state index in [9.17, 15) is 15.0 Å². The summed E-state index contributed by atoms with van der Waals surface area (Å²) in [7, 11) is 0. The number of aldehydes is 1. The molecule has 2 aromatic heterocycles. The van der Waals surface area contributed by atoms with Crippen molar-refractivity contribution in [2.24, 2.45) is 5.73 Å². The smallest absolute Gasteiger partial charge is 0.166 e. The van der Waals surface area contributed by atoms with Gasteiger partial charge in [0, 0.05) is 36.2 Å². The summed E-state index contributed by atoms with van der Waals surface area (Å²) in [4.78, 5) is 19.4. The van der Waals surface area contributed by atoms with E-state index < -0.39 is 6.10 Å². The molecule has 3 aromatic rings. The molecule has 168 valence electrons. The number of nitrogens with zero attached hydrogens (tertiary/aromatic N) is 2. The van der Waals surface area contributed by atoms with Crippen LogP contribution in [0.2, 0.25) is 0 Å². The van der Waals surface area contributed by atoms with Crippen LogP contribution >= 0.6 is 0 Å². The Hall–Kier alpha value is -2.78. The average molecular weight is 428 g/mol. The minimum absolute atomic E-state index is 0.00386. The number of hydrogen-bond acceptors (Lipinski definition) is 7. The number of aromatic nitrogens is 2. The van der Waals surface area contributed by atoms with E-state index in [1.54, 1.807) is 12.3 Å². The van der Waals surface area contributed by atoms with Gasteiger partial charge in [-0.3, -0.25) is 9.69 Å². The number of aliphatic hydroxyl groups excluding tert-OH is 2. The molecule has 7 N–H and O–H groups in total. The first-order chi connectivity index (χ1) is 15.0. The largest absolute Gasteiger partial charge is 0.395 e. The summed E-state index contributed by atoms with van der Waals surface area (Å²) >= 11 is 0. The quantitative estimate of drug-likeness (QED) is 0.309. The lowest BCUT2D eigenvalue weighted by Gasteiger charge is -2.29. The summed E-state index contributed by atoms with van der Waals surface area (Å²) < 4.78 is 0. The van der Waals surface area contributed by atoms with Crippen LogP contribution in [0.15, 0.2) is 48.7 Å². The Morgan fingerprint density at radius 1 is 1.26 bits per heavy atom. The SMILES string of the molecule is C[C@@H](CO)N(CCc1ccc(N)nc1)CC(O)CCN.O=Cc1cc2ccccc2[nH]1. The Morgan fingerprint density at radius 3 is 2.65 bits per heavy atom. The van der Waals surface area contributed by atoms with Crippen LogP contribution in [0.1, 0.15) is 29.4 Å². The molecule has 0 spiro atoms. The molecule has 8 heteroatoms. The zero-order chi connectivity index (χ0) is 22.6. The lowest BCUT2D eigenvalue weighted by Crippen LogP contribution is -2.42. The molecule has 8 nitrogen and oxygen atoms in total. The summed E-state index contributed by atoms with van der Waals surface area (Å²) in [5.74, 6) is 0.507. The van der Waals surface area contributed by atoms with E-state index in [0.29, 0.717) is 31.0 Å². The molecule has 0 saturated heterocycles. The number of benzene rings is 1. The molecule has 31 heavy (non-hydrogen) atoms. The summed E-state index contributed by atoms with van der Waals surface area (Å²) in [5, 5.41) is 20.2. The highest BCUT2D eigenvalue weighted by Crippen LogP contribution is 2.12. The van der Waals surface area contributed by atoms with E-state index in [-0.39, 0.29) is 12.6 Å². The predicted molar refractivity (Wildman–Crippen MR) is 124 cm³/mol. The maximum atomic E-state index is 10.3. The van der Waals surface area contributed by atoms with Crippen LogP contribution in [-0.4, -0.2) is 69.8 Å². The number of carbonyl (C=O) groups excluding carboxylic acids is 1. The van der Waals surface area contributed by atoms with Crippen molar-refractivity contribution in [3.8, 4) is 0 Å². The van der Waals surface area contributed by atoms with E-state index in [0.717, 1.165) is 35.7 Å². The zero-order valence-electron chi connectivity index (χ0n) is 17.9. The van der Waals surface area contributed by atoms with Gasteiger partial charge in [0.2, 0.25) is 0 Å². The molecule has 2 heterocycles. The van der Waals surface area contributed by atoms with Crippen molar-refractivity contribution < 1.29 is 15.0 Å². The van der Waals surface area contributed by atoms with Gasteiger partial charge in [-0.15, -0.1) is 0 Å². The van der Waals surface area contributed by atoms with Crippen molar-refractivity contribution in [1.82, 2.24) is 14.9 Å². The van der Waals surface area contributed by atoms with Gasteiger partial charge in [0.05, 0.1) is 18.4 Å². The van der Waals surface area contributed by atoms with Crippen LogP contribution in [0, 0.1) is 0 Å². The molecular weight excluding hydrogens is 394 g/mol. The number of anilines is 1. The summed E-state index contributed by atoms with van der Waals surface area (Å²) in [5.41, 5.74) is 13.7. The van der Waals surface area contributed by atoms with Crippen molar-refractivity contribution in [3.63, 3.8) is 0 Å². The molecule has 0 aliphatic carbocycles. The molecule has 3 rings (SSSR count). The summed E-state index contributed by atoms with van der Waals surface area (Å²) in [6, 6.07) is 13.4. The molecule has 0 fully saturated rings. The van der Waals surface area contributed by atoms with Gasteiger partial charge in [0.1, 0.15) is 5.82 Å². The topological polar surface area (TPSA) is 141 Å². The minimum Gasteiger partial charge on any atom is -0.395 e. The molecule has 1 unspecified atom stereocenters. The first-order valence-corrected chi connectivity index (χ1v) is 10.4. The van der Waals surface area contributed by atoms with Gasteiger partial charge in [0.15, 0.2) is 6.29 Å². The van der Waals surface area contributed by atoms with Crippen molar-refractivity contribution >= 4 is 23.0 Å². The van der Waals surface area contributed by atoms with E-state index in [1.807, 2.05) is 43.3 Å². The molecule has 0 radical (unpaired) electrons. The third-order valence-corrected chi connectivity index (χ3v) is 5.05. The predicted octanol–water partition coefficient (Wildman–Crippen LogP) is 1.58. The first-order valence-electron chi connectivity index (χ1n) is 10.4. The Morgan fingerprint density at radius 2 is 2.03 bits per heavy atom. The number of nitrogen functional groups attached to an aromatic ring is 1. The molecular formula is C23H33N5O3. The maximum absolute atomic E-state index is 10.3. The Kier molecular flexibility index (Phi) is 10.1. The van der Waals surface area contributed by atoms with Crippen LogP contribution in [0.5, 0.6) is 0 Å². The molecule has 0 aliphatic rings. The number of hydrogen-bond donors (Lipinski definition) is 5. The fraction of sp³-hybridized carbons (Fsp3) is 0.391. The zero-order valence-corrected chi connectivity index (χ0v) is 17.9. The number of carbonyl (C=O) groups is 1. The number of H-pyrrole nitrogens is 1. The van der Waals surface area contributed by atoms with Crippen molar-refractivity contribution in [2.45, 2.75) is 31.9 Å². The molecule has 2 atom stereocenters. The number of fused-ring (bicyclic) bond motifs is 1. The highest BCUT2D eigenvalue weighted by atomic mass is 16.3. The lowest BCUT2D eigenvalue weighted by molar-refractivity contribution is 0.0665. The van der Waals surface area contributed by atoms with Crippen LogP contribution < -0.4 is 11.5 Å². The van der Waals surface area contributed by atoms with E-state index in [2.05, 4.69) is 14.9 Å². The molecule has 1 aromatic carbocycles. The van der Waals surface area contributed by atoms with Crippen molar-refractivity contribution in [2.75, 3.05) is 32.0 Å². The van der Waals surface area contributed by atoms with Crippen molar-refractivity contribution in [1.29, 1.82) is 0 Å². The van der Waals surface area contributed by atoms with Gasteiger partial charge >= 0.3 is 0 Å². The van der Waals surface area contributed by atoms with Gasteiger partial charge in [0.25, 0.3) is 0 Å². The van der Waals surface area contributed by atoms with Crippen molar-refractivity contribution in [3.05, 3.63) is 59.9 Å². The molecule has 0 amide bonds. The monoisotopic (exact) mass is 427 g/mol. The fourth-order valence-electron chi connectivity index (χ4n) is 3.18. The summed E-state index contributed by atoms with van der Waals surface area (Å²) in [6.45, 7) is 3.73. The van der Waals surface area contributed by atoms with Crippen LogP contribution in [0.3, 0.4) is 0 Å². The fourth-order valence-corrected chi connectivity index (χ4v) is 3.18. The standard InChI is InChI=1S/C14H26N4O2.C9H7NO/c1-11(10-19)18(9-13(20)4-6-15)7-5-12-2-3-14(16)17-8-12;11-6-8-5-7-3-1-2-4-9(7)10-8/h2-3,8,11,13,19-20H,4-7,9-10,15H2,1H3,(H2,16,17);1-6,10H/t11-,13?;/m0./s1. The van der Waals surface area contributed by atoms with E-state index >= 15 is 0 Å². The summed E-state index contributed by atoms with van der Waals surface area (Å²) in [6.07, 6.45) is 3.48. The number of para-hydroxylation sites is 1. The maximum Gasteiger partial charge on any atom is 0.166 e. The molecule has 0 bridgehead atoms. The van der Waals surface area contributed by atoms with Gasteiger partial charge in [-0.05, 0) is 50.1 Å². The highest BCUT2D eigenvalue weighted by Gasteiger charge is 2.16. The first kappa shape index (κ1) is 24.5. The second kappa shape index (κ2) is 12.8. The van der Waals surface area contributed by atoms with Gasteiger partial charge in [-0.25, -0.2) is 4.98 Å². The second-order valence-corrected chi connectivity index (χ2v) is 7.53. The Bertz CT molecular complexity index is 880. The number of pyridine rings is 1.